The third-order valence-corrected chi connectivity index (χ3v) is 12.3. The number of nitrogens with one attached hydrogen (secondary N) is 2. The summed E-state index contributed by atoms with van der Waals surface area (Å²) in [6.45, 7) is 2.83. The molecule has 2 saturated heterocycles. The Balaban J connectivity index is 1.25. The molecule has 1 atom stereocenters. The van der Waals surface area contributed by atoms with Crippen molar-refractivity contribution in [1.82, 2.24) is 14.6 Å². The minimum absolute atomic E-state index is 0.00633. The highest BCUT2D eigenvalue weighted by atomic mass is 32.2. The number of oxime groups is 1. The van der Waals surface area contributed by atoms with Crippen molar-refractivity contribution in [2.75, 3.05) is 38.7 Å². The van der Waals surface area contributed by atoms with Gasteiger partial charge in [0.1, 0.15) is 0 Å². The summed E-state index contributed by atoms with van der Waals surface area (Å²) in [6, 6.07) is 6.12. The summed E-state index contributed by atoms with van der Waals surface area (Å²) in [6.07, 6.45) is 4.53. The molecule has 2 aliphatic heterocycles. The summed E-state index contributed by atoms with van der Waals surface area (Å²) < 4.78 is 57.0. The Bertz CT molecular complexity index is 1440. The summed E-state index contributed by atoms with van der Waals surface area (Å²) in [5, 5.41) is 6.59. The molecule has 218 valence electrons. The van der Waals surface area contributed by atoms with E-state index in [0.29, 0.717) is 75.6 Å². The van der Waals surface area contributed by atoms with Crippen LogP contribution in [-0.4, -0.2) is 88.3 Å². The number of hydrogen-bond acceptors (Lipinski definition) is 11. The minimum Gasteiger partial charge on any atom is -0.389 e. The second kappa shape index (κ2) is 12.2. The predicted molar refractivity (Wildman–Crippen MR) is 151 cm³/mol. The van der Waals surface area contributed by atoms with Crippen LogP contribution in [0.4, 0.5) is 5.13 Å². The number of carbonyl (C=O) groups excluding carboxylic acids is 1. The first-order valence-corrected chi connectivity index (χ1v) is 17.1. The maximum absolute atomic E-state index is 13.3. The SMILES string of the molecule is CNS(=O)(=O)C1CCN(Cc2cnc(NC(=O)C(=NO[C@@H]3CCOC3)c3ccc(S(=O)(=O)C4CC4)cc3)s2)CC1. The van der Waals surface area contributed by atoms with Gasteiger partial charge in [-0.15, -0.1) is 11.3 Å². The van der Waals surface area contributed by atoms with Crippen LogP contribution in [-0.2, 0) is 40.8 Å². The van der Waals surface area contributed by atoms with E-state index in [0.717, 1.165) is 4.88 Å². The first kappa shape index (κ1) is 29.1. The van der Waals surface area contributed by atoms with Crippen molar-refractivity contribution in [3.05, 3.63) is 40.9 Å². The van der Waals surface area contributed by atoms with Gasteiger partial charge in [-0.2, -0.15) is 0 Å². The van der Waals surface area contributed by atoms with Crippen LogP contribution in [0.15, 0.2) is 40.5 Å². The average molecular weight is 612 g/mol. The average Bonchev–Trinajstić information content (AvgIpc) is 3.53. The second-order valence-corrected chi connectivity index (χ2v) is 15.6. The molecule has 1 saturated carbocycles. The number of amides is 1. The Labute approximate surface area is 238 Å². The van der Waals surface area contributed by atoms with Gasteiger partial charge in [-0.1, -0.05) is 17.3 Å². The van der Waals surface area contributed by atoms with Gasteiger partial charge in [0.2, 0.25) is 10.0 Å². The summed E-state index contributed by atoms with van der Waals surface area (Å²) in [5.74, 6) is -0.532. The number of anilines is 1. The van der Waals surface area contributed by atoms with E-state index >= 15 is 0 Å². The highest BCUT2D eigenvalue weighted by molar-refractivity contribution is 7.92. The van der Waals surface area contributed by atoms with Crippen molar-refractivity contribution in [2.45, 2.75) is 60.1 Å². The Morgan fingerprint density at radius 3 is 2.45 bits per heavy atom. The Morgan fingerprint density at radius 2 is 1.82 bits per heavy atom. The standard InChI is InChI=1S/C25H33N5O7S3/c1-26-40(34,35)22-8-11-30(12-9-22)15-19-14-27-25(38-19)28-24(31)23(29-37-18-10-13-36-16-18)17-2-4-20(5-3-17)39(32,33)21-6-7-21/h2-5,14,18,21-22,26H,6-13,15-16H2,1H3,(H,27,28,31)/t18-/m1/s1. The molecule has 1 amide bonds. The lowest BCUT2D eigenvalue weighted by Crippen LogP contribution is -2.42. The molecule has 15 heteroatoms. The molecule has 1 aromatic heterocycles. The molecule has 0 bridgehead atoms. The Hall–Kier alpha value is -2.43. The number of rotatable bonds is 11. The van der Waals surface area contributed by atoms with E-state index in [4.69, 9.17) is 9.57 Å². The van der Waals surface area contributed by atoms with Crippen molar-refractivity contribution < 1.29 is 31.2 Å². The highest BCUT2D eigenvalue weighted by Crippen LogP contribution is 2.33. The van der Waals surface area contributed by atoms with E-state index < -0.39 is 25.8 Å². The predicted octanol–water partition coefficient (Wildman–Crippen LogP) is 1.74. The van der Waals surface area contributed by atoms with Crippen LogP contribution in [0.1, 0.15) is 42.5 Å². The number of piperidine rings is 1. The summed E-state index contributed by atoms with van der Waals surface area (Å²) in [7, 11) is -5.19. The zero-order valence-corrected chi connectivity index (χ0v) is 24.6. The number of ether oxygens (including phenoxy) is 1. The summed E-state index contributed by atoms with van der Waals surface area (Å²) >= 11 is 1.33. The van der Waals surface area contributed by atoms with Crippen molar-refractivity contribution in [3.8, 4) is 0 Å². The number of carbonyl (C=O) groups is 1. The van der Waals surface area contributed by atoms with Crippen molar-refractivity contribution >= 4 is 47.9 Å². The molecule has 0 radical (unpaired) electrons. The summed E-state index contributed by atoms with van der Waals surface area (Å²) in [5.41, 5.74) is 0.425. The number of likely N-dealkylation sites (tertiary alicyclic amines) is 1. The Kier molecular flexibility index (Phi) is 8.87. The van der Waals surface area contributed by atoms with Gasteiger partial charge in [0.25, 0.3) is 5.91 Å². The van der Waals surface area contributed by atoms with E-state index in [9.17, 15) is 21.6 Å². The lowest BCUT2D eigenvalue weighted by atomic mass is 10.1. The lowest BCUT2D eigenvalue weighted by Gasteiger charge is -2.30. The second-order valence-electron chi connectivity index (χ2n) is 10.1. The number of benzene rings is 1. The largest absolute Gasteiger partial charge is 0.389 e. The van der Waals surface area contributed by atoms with Crippen molar-refractivity contribution in [1.29, 1.82) is 0 Å². The van der Waals surface area contributed by atoms with Crippen LogP contribution in [0.3, 0.4) is 0 Å². The van der Waals surface area contributed by atoms with E-state index in [1.54, 1.807) is 18.3 Å². The number of hydrogen-bond donors (Lipinski definition) is 2. The molecule has 0 spiro atoms. The molecular weight excluding hydrogens is 579 g/mol. The van der Waals surface area contributed by atoms with Gasteiger partial charge >= 0.3 is 0 Å². The van der Waals surface area contributed by atoms with Crippen molar-refractivity contribution in [3.63, 3.8) is 0 Å². The third kappa shape index (κ3) is 6.89. The smallest absolute Gasteiger partial charge is 0.280 e. The minimum atomic E-state index is -3.36. The first-order valence-electron chi connectivity index (χ1n) is 13.2. The number of aromatic nitrogens is 1. The molecule has 12 nitrogen and oxygen atoms in total. The molecular formula is C25H33N5O7S3. The van der Waals surface area contributed by atoms with Gasteiger partial charge < -0.3 is 9.57 Å². The van der Waals surface area contributed by atoms with Gasteiger partial charge in [0.05, 0.1) is 28.6 Å². The molecule has 3 aliphatic rings. The molecule has 2 N–H and O–H groups in total. The number of nitrogens with zero attached hydrogens (tertiary/aromatic N) is 3. The number of sulfonamides is 1. The molecule has 0 unspecified atom stereocenters. The normalized spacial score (nSPS) is 21.4. The fourth-order valence-electron chi connectivity index (χ4n) is 4.68. The monoisotopic (exact) mass is 611 g/mol. The quantitative estimate of drug-likeness (QED) is 0.285. The van der Waals surface area contributed by atoms with Crippen LogP contribution in [0.5, 0.6) is 0 Å². The fourth-order valence-corrected chi connectivity index (χ4v) is 8.35. The van der Waals surface area contributed by atoms with Crippen molar-refractivity contribution in [2.24, 2.45) is 5.16 Å². The molecule has 5 rings (SSSR count). The zero-order valence-electron chi connectivity index (χ0n) is 22.1. The van der Waals surface area contributed by atoms with E-state index in [2.05, 4.69) is 25.1 Å². The molecule has 40 heavy (non-hydrogen) atoms. The number of sulfone groups is 1. The van der Waals surface area contributed by atoms with Crippen LogP contribution >= 0.6 is 11.3 Å². The van der Waals surface area contributed by atoms with Gasteiger partial charge in [0.15, 0.2) is 26.8 Å². The summed E-state index contributed by atoms with van der Waals surface area (Å²) in [4.78, 5) is 26.5. The zero-order chi connectivity index (χ0) is 28.3. The lowest BCUT2D eigenvalue weighted by molar-refractivity contribution is -0.110. The molecule has 1 aromatic carbocycles. The van der Waals surface area contributed by atoms with Gasteiger partial charge in [-0.25, -0.2) is 26.5 Å². The van der Waals surface area contributed by atoms with Gasteiger partial charge in [0, 0.05) is 29.6 Å². The van der Waals surface area contributed by atoms with Crippen LogP contribution in [0, 0.1) is 0 Å². The first-order chi connectivity index (χ1) is 19.2. The maximum Gasteiger partial charge on any atom is 0.280 e. The van der Waals surface area contributed by atoms with Crippen LogP contribution < -0.4 is 10.0 Å². The van der Waals surface area contributed by atoms with E-state index in [-0.39, 0.29) is 27.2 Å². The molecule has 3 heterocycles. The Morgan fingerprint density at radius 1 is 1.10 bits per heavy atom. The van der Waals surface area contributed by atoms with E-state index in [1.807, 2.05) is 0 Å². The van der Waals surface area contributed by atoms with Crippen LogP contribution in [0.2, 0.25) is 0 Å². The van der Waals surface area contributed by atoms with Gasteiger partial charge in [-0.3, -0.25) is 15.0 Å². The maximum atomic E-state index is 13.3. The molecule has 1 aliphatic carbocycles. The fraction of sp³-hybridized carbons (Fsp3) is 0.560. The van der Waals surface area contributed by atoms with Gasteiger partial charge in [-0.05, 0) is 58.0 Å². The topological polar surface area (TPSA) is 156 Å². The molecule has 3 fully saturated rings. The highest BCUT2D eigenvalue weighted by Gasteiger charge is 2.37. The molecule has 2 aromatic rings. The number of thiazole rings is 1. The van der Waals surface area contributed by atoms with E-state index in [1.165, 1.54) is 30.5 Å². The third-order valence-electron chi connectivity index (χ3n) is 7.23. The van der Waals surface area contributed by atoms with Crippen LogP contribution in [0.25, 0.3) is 0 Å².